The van der Waals surface area contributed by atoms with E-state index in [1.807, 2.05) is 60.8 Å². The molecule has 3 nitrogen and oxygen atoms in total. The minimum atomic E-state index is -0.196. The standard InChI is InChI=1S/C20H22N2O/c1-14(2)12-22-19(15-8-4-3-5-9-15)20(23)17-13-21-18-11-7-6-10-16(17)18/h3-11,13-14,19,21-22H,12H2,1-2H3/p+1/t19-/m1/s1. The Kier molecular flexibility index (Phi) is 4.58. The first-order valence-electron chi connectivity index (χ1n) is 8.15. The second kappa shape index (κ2) is 6.80. The third-order valence-electron chi connectivity index (χ3n) is 4.14. The van der Waals surface area contributed by atoms with E-state index in [9.17, 15) is 4.79 Å². The van der Waals surface area contributed by atoms with Crippen LogP contribution in [0.4, 0.5) is 0 Å². The number of nitrogens with two attached hydrogens (primary N) is 1. The summed E-state index contributed by atoms with van der Waals surface area (Å²) in [6.45, 7) is 5.27. The third kappa shape index (κ3) is 3.35. The number of rotatable bonds is 6. The highest BCUT2D eigenvalue weighted by Gasteiger charge is 2.27. The lowest BCUT2D eigenvalue weighted by atomic mass is 9.96. The van der Waals surface area contributed by atoms with Crippen molar-refractivity contribution >= 4 is 16.7 Å². The summed E-state index contributed by atoms with van der Waals surface area (Å²) in [5, 5.41) is 3.15. The Hall–Kier alpha value is -2.39. The molecular formula is C20H23N2O+. The fourth-order valence-electron chi connectivity index (χ4n) is 2.91. The summed E-state index contributed by atoms with van der Waals surface area (Å²) in [4.78, 5) is 16.4. The Morgan fingerprint density at radius 3 is 2.48 bits per heavy atom. The van der Waals surface area contributed by atoms with Crippen LogP contribution in [0.5, 0.6) is 0 Å². The van der Waals surface area contributed by atoms with Gasteiger partial charge < -0.3 is 10.3 Å². The van der Waals surface area contributed by atoms with E-state index in [-0.39, 0.29) is 11.8 Å². The molecule has 3 N–H and O–H groups in total. The molecule has 1 aromatic heterocycles. The number of aromatic amines is 1. The van der Waals surface area contributed by atoms with Gasteiger partial charge in [0.25, 0.3) is 0 Å². The van der Waals surface area contributed by atoms with Gasteiger partial charge in [0.15, 0.2) is 6.04 Å². The van der Waals surface area contributed by atoms with Crippen LogP contribution in [0.3, 0.4) is 0 Å². The first-order valence-corrected chi connectivity index (χ1v) is 8.15. The van der Waals surface area contributed by atoms with E-state index in [1.165, 1.54) is 0 Å². The summed E-state index contributed by atoms with van der Waals surface area (Å²) in [6, 6.07) is 17.8. The molecule has 0 radical (unpaired) electrons. The summed E-state index contributed by atoms with van der Waals surface area (Å²) in [7, 11) is 0. The summed E-state index contributed by atoms with van der Waals surface area (Å²) in [6.07, 6.45) is 1.84. The van der Waals surface area contributed by atoms with Crippen LogP contribution in [0.1, 0.15) is 35.8 Å². The highest BCUT2D eigenvalue weighted by molar-refractivity contribution is 6.09. The number of H-pyrrole nitrogens is 1. The number of para-hydroxylation sites is 1. The summed E-state index contributed by atoms with van der Waals surface area (Å²) in [5.41, 5.74) is 2.84. The number of hydrogen-bond acceptors (Lipinski definition) is 1. The van der Waals surface area contributed by atoms with Gasteiger partial charge in [-0.1, -0.05) is 62.4 Å². The number of Topliss-reactive ketones (excluding diaryl/α,β-unsaturated/α-hetero) is 1. The molecule has 0 bridgehead atoms. The molecule has 3 aromatic rings. The predicted octanol–water partition coefficient (Wildman–Crippen LogP) is 3.31. The van der Waals surface area contributed by atoms with Crippen molar-refractivity contribution in [3.63, 3.8) is 0 Å². The zero-order valence-electron chi connectivity index (χ0n) is 13.6. The van der Waals surface area contributed by atoms with Crippen LogP contribution in [0.15, 0.2) is 60.8 Å². The number of ketones is 1. The van der Waals surface area contributed by atoms with Crippen LogP contribution < -0.4 is 5.32 Å². The van der Waals surface area contributed by atoms with Gasteiger partial charge >= 0.3 is 0 Å². The molecule has 3 heteroatoms. The quantitative estimate of drug-likeness (QED) is 0.674. The fraction of sp³-hybridized carbons (Fsp3) is 0.250. The Morgan fingerprint density at radius 2 is 1.74 bits per heavy atom. The molecule has 0 aliphatic carbocycles. The SMILES string of the molecule is CC(C)C[NH2+][C@@H](C(=O)c1c[nH]c2ccccc12)c1ccccc1. The molecule has 0 saturated heterocycles. The summed E-state index contributed by atoms with van der Waals surface area (Å²) >= 11 is 0. The summed E-state index contributed by atoms with van der Waals surface area (Å²) < 4.78 is 0. The Bertz CT molecular complexity index is 790. The second-order valence-electron chi connectivity index (χ2n) is 6.37. The van der Waals surface area contributed by atoms with Gasteiger partial charge in [0.1, 0.15) is 0 Å². The minimum absolute atomic E-state index is 0.161. The van der Waals surface area contributed by atoms with Crippen LogP contribution in [0, 0.1) is 5.92 Å². The third-order valence-corrected chi connectivity index (χ3v) is 4.14. The highest BCUT2D eigenvalue weighted by Crippen LogP contribution is 2.22. The van der Waals surface area contributed by atoms with Crippen molar-refractivity contribution in [3.05, 3.63) is 71.9 Å². The molecule has 1 atom stereocenters. The monoisotopic (exact) mass is 307 g/mol. The number of benzene rings is 2. The average Bonchev–Trinajstić information content (AvgIpc) is 2.99. The molecule has 0 saturated carbocycles. The van der Waals surface area contributed by atoms with Gasteiger partial charge in [-0.3, -0.25) is 4.79 Å². The predicted molar refractivity (Wildman–Crippen MR) is 93.4 cm³/mol. The van der Waals surface area contributed by atoms with Gasteiger partial charge in [-0.25, -0.2) is 0 Å². The Balaban J connectivity index is 1.97. The number of quaternary nitrogens is 1. The molecule has 0 aliphatic rings. The number of fused-ring (bicyclic) bond motifs is 1. The van der Waals surface area contributed by atoms with Crippen molar-refractivity contribution in [3.8, 4) is 0 Å². The molecule has 3 rings (SSSR count). The van der Waals surface area contributed by atoms with Crippen LogP contribution in [0.25, 0.3) is 10.9 Å². The van der Waals surface area contributed by atoms with Gasteiger partial charge in [0.2, 0.25) is 5.78 Å². The van der Waals surface area contributed by atoms with E-state index in [0.29, 0.717) is 5.92 Å². The number of carbonyl (C=O) groups excluding carboxylic acids is 1. The maximum absolute atomic E-state index is 13.2. The maximum Gasteiger partial charge on any atom is 0.226 e. The highest BCUT2D eigenvalue weighted by atomic mass is 16.1. The molecule has 0 aliphatic heterocycles. The van der Waals surface area contributed by atoms with Gasteiger partial charge in [-0.2, -0.15) is 0 Å². The first-order chi connectivity index (χ1) is 11.2. The number of hydrogen-bond donors (Lipinski definition) is 2. The second-order valence-corrected chi connectivity index (χ2v) is 6.37. The van der Waals surface area contributed by atoms with E-state index >= 15 is 0 Å². The minimum Gasteiger partial charge on any atom is -0.360 e. The molecule has 2 aromatic carbocycles. The van der Waals surface area contributed by atoms with Gasteiger partial charge in [-0.05, 0) is 6.07 Å². The van der Waals surface area contributed by atoms with E-state index in [0.717, 1.165) is 28.6 Å². The molecule has 118 valence electrons. The molecule has 0 fully saturated rings. The molecule has 1 heterocycles. The Labute approximate surface area is 136 Å². The fourth-order valence-corrected chi connectivity index (χ4v) is 2.91. The van der Waals surface area contributed by atoms with E-state index in [4.69, 9.17) is 0 Å². The van der Waals surface area contributed by atoms with Crippen molar-refractivity contribution in [2.75, 3.05) is 6.54 Å². The van der Waals surface area contributed by atoms with E-state index in [1.54, 1.807) is 0 Å². The van der Waals surface area contributed by atoms with Crippen LogP contribution in [-0.4, -0.2) is 17.3 Å². The first kappa shape index (κ1) is 15.5. The van der Waals surface area contributed by atoms with E-state index < -0.39 is 0 Å². The van der Waals surface area contributed by atoms with Crippen molar-refractivity contribution in [2.45, 2.75) is 19.9 Å². The van der Waals surface area contributed by atoms with Crippen LogP contribution in [0.2, 0.25) is 0 Å². The zero-order chi connectivity index (χ0) is 16.2. The number of aromatic nitrogens is 1. The zero-order valence-corrected chi connectivity index (χ0v) is 13.6. The van der Waals surface area contributed by atoms with Gasteiger partial charge in [0, 0.05) is 34.1 Å². The topological polar surface area (TPSA) is 49.5 Å². The summed E-state index contributed by atoms with van der Waals surface area (Å²) in [5.74, 6) is 0.700. The van der Waals surface area contributed by atoms with Crippen LogP contribution >= 0.6 is 0 Å². The normalized spacial score (nSPS) is 12.7. The van der Waals surface area contributed by atoms with Gasteiger partial charge in [0.05, 0.1) is 6.54 Å². The van der Waals surface area contributed by atoms with Crippen LogP contribution in [-0.2, 0) is 0 Å². The van der Waals surface area contributed by atoms with Crippen molar-refractivity contribution in [2.24, 2.45) is 5.92 Å². The largest absolute Gasteiger partial charge is 0.360 e. The molecule has 0 unspecified atom stereocenters. The molecule has 0 spiro atoms. The maximum atomic E-state index is 13.2. The lowest BCUT2D eigenvalue weighted by Gasteiger charge is -2.16. The lowest BCUT2D eigenvalue weighted by Crippen LogP contribution is -2.87. The van der Waals surface area contributed by atoms with E-state index in [2.05, 4.69) is 24.1 Å². The molecule has 23 heavy (non-hydrogen) atoms. The van der Waals surface area contributed by atoms with Gasteiger partial charge in [-0.15, -0.1) is 0 Å². The molecular weight excluding hydrogens is 284 g/mol. The van der Waals surface area contributed by atoms with Crippen molar-refractivity contribution < 1.29 is 10.1 Å². The smallest absolute Gasteiger partial charge is 0.226 e. The Morgan fingerprint density at radius 1 is 1.04 bits per heavy atom. The number of carbonyl (C=O) groups is 1. The molecule has 0 amide bonds. The van der Waals surface area contributed by atoms with Crippen molar-refractivity contribution in [1.82, 2.24) is 4.98 Å². The van der Waals surface area contributed by atoms with Crippen molar-refractivity contribution in [1.29, 1.82) is 0 Å². The lowest BCUT2D eigenvalue weighted by molar-refractivity contribution is -0.686. The number of nitrogens with one attached hydrogen (secondary N) is 1. The average molecular weight is 307 g/mol.